The van der Waals surface area contributed by atoms with Gasteiger partial charge in [0, 0.05) is 24.0 Å². The Morgan fingerprint density at radius 2 is 2.21 bits per heavy atom. The first-order valence-electron chi connectivity index (χ1n) is 7.03. The fourth-order valence-corrected chi connectivity index (χ4v) is 4.84. The molecule has 1 aliphatic carbocycles. The fraction of sp³-hybridized carbons (Fsp3) is 0.643. The Kier molecular flexibility index (Phi) is 4.24. The zero-order chi connectivity index (χ0) is 13.2. The highest BCUT2D eigenvalue weighted by atomic mass is 79.9. The smallest absolute Gasteiger partial charge is 0.236 e. The molecule has 19 heavy (non-hydrogen) atoms. The second-order valence-corrected chi connectivity index (χ2v) is 7.86. The van der Waals surface area contributed by atoms with E-state index in [4.69, 9.17) is 0 Å². The third-order valence-electron chi connectivity index (χ3n) is 4.04. The van der Waals surface area contributed by atoms with Crippen LogP contribution in [0, 0.1) is 0 Å². The van der Waals surface area contributed by atoms with Crippen LogP contribution in [0.1, 0.15) is 42.2 Å². The highest BCUT2D eigenvalue weighted by Crippen LogP contribution is 2.37. The quantitative estimate of drug-likeness (QED) is 0.915. The number of carbonyl (C=O) groups is 1. The molecule has 0 aromatic carbocycles. The molecule has 0 saturated carbocycles. The van der Waals surface area contributed by atoms with Crippen LogP contribution in [0.5, 0.6) is 0 Å². The number of halogens is 1. The summed E-state index contributed by atoms with van der Waals surface area (Å²) >= 11 is 5.40. The van der Waals surface area contributed by atoms with Crippen LogP contribution in [0.15, 0.2) is 9.85 Å². The summed E-state index contributed by atoms with van der Waals surface area (Å²) in [6.07, 6.45) is 5.87. The molecule has 1 unspecified atom stereocenters. The average Bonchev–Trinajstić information content (AvgIpc) is 3.03. The molecule has 1 aliphatic heterocycles. The Bertz CT molecular complexity index is 468. The summed E-state index contributed by atoms with van der Waals surface area (Å²) in [5.41, 5.74) is 1.40. The highest BCUT2D eigenvalue weighted by Gasteiger charge is 2.24. The molecule has 2 heterocycles. The molecule has 1 aromatic rings. The van der Waals surface area contributed by atoms with E-state index in [1.807, 2.05) is 16.2 Å². The number of nitrogens with one attached hydrogen (secondary N) is 1. The van der Waals surface area contributed by atoms with Gasteiger partial charge in [0.05, 0.1) is 10.3 Å². The predicted molar refractivity (Wildman–Crippen MR) is 81.5 cm³/mol. The summed E-state index contributed by atoms with van der Waals surface area (Å²) in [7, 11) is 0. The Balaban J connectivity index is 1.60. The van der Waals surface area contributed by atoms with Crippen LogP contribution in [0.4, 0.5) is 0 Å². The number of carbonyl (C=O) groups excluding carboxylic acids is 1. The summed E-state index contributed by atoms with van der Waals surface area (Å²) in [6, 6.07) is 2.58. The second kappa shape index (κ2) is 5.94. The molecule has 2 aliphatic rings. The van der Waals surface area contributed by atoms with Gasteiger partial charge in [-0.3, -0.25) is 4.79 Å². The first-order chi connectivity index (χ1) is 9.24. The topological polar surface area (TPSA) is 32.3 Å². The molecular formula is C14H19BrN2OS. The molecule has 1 amide bonds. The zero-order valence-electron chi connectivity index (χ0n) is 11.0. The largest absolute Gasteiger partial charge is 0.342 e. The summed E-state index contributed by atoms with van der Waals surface area (Å²) in [4.78, 5) is 15.5. The van der Waals surface area contributed by atoms with E-state index in [2.05, 4.69) is 27.3 Å². The van der Waals surface area contributed by atoms with Gasteiger partial charge in [-0.15, -0.1) is 11.3 Å². The lowest BCUT2D eigenvalue weighted by molar-refractivity contribution is -0.129. The maximum atomic E-state index is 12.1. The van der Waals surface area contributed by atoms with Crippen molar-refractivity contribution in [3.8, 4) is 0 Å². The lowest BCUT2D eigenvalue weighted by atomic mass is 9.94. The number of likely N-dealkylation sites (tertiary alicyclic amines) is 1. The van der Waals surface area contributed by atoms with E-state index < -0.39 is 0 Å². The maximum Gasteiger partial charge on any atom is 0.236 e. The van der Waals surface area contributed by atoms with Gasteiger partial charge in [-0.25, -0.2) is 0 Å². The van der Waals surface area contributed by atoms with Crippen LogP contribution >= 0.6 is 27.3 Å². The third kappa shape index (κ3) is 3.03. The molecule has 0 radical (unpaired) electrons. The molecule has 1 atom stereocenters. The standard InChI is InChI=1S/C14H19BrN2OS/c15-13-8-10-11(4-3-5-12(10)19-13)16-9-14(18)17-6-1-2-7-17/h8,11,16H,1-7,9H2. The Morgan fingerprint density at radius 1 is 1.42 bits per heavy atom. The van der Waals surface area contributed by atoms with Crippen molar-refractivity contribution in [2.75, 3.05) is 19.6 Å². The summed E-state index contributed by atoms with van der Waals surface area (Å²) in [6.45, 7) is 2.37. The third-order valence-corrected chi connectivity index (χ3v) is 5.76. The van der Waals surface area contributed by atoms with Gasteiger partial charge in [-0.05, 0) is 59.7 Å². The van der Waals surface area contributed by atoms with Gasteiger partial charge in [0.2, 0.25) is 5.91 Å². The van der Waals surface area contributed by atoms with Gasteiger partial charge < -0.3 is 10.2 Å². The van der Waals surface area contributed by atoms with Crippen LogP contribution in [0.25, 0.3) is 0 Å². The Labute approximate surface area is 126 Å². The minimum absolute atomic E-state index is 0.263. The molecular weight excluding hydrogens is 324 g/mol. The first kappa shape index (κ1) is 13.6. The molecule has 1 fully saturated rings. The van der Waals surface area contributed by atoms with Crippen molar-refractivity contribution in [2.24, 2.45) is 0 Å². The van der Waals surface area contributed by atoms with Gasteiger partial charge in [0.1, 0.15) is 0 Å². The zero-order valence-corrected chi connectivity index (χ0v) is 13.4. The van der Waals surface area contributed by atoms with E-state index in [1.165, 1.54) is 27.1 Å². The number of hydrogen-bond donors (Lipinski definition) is 1. The summed E-state index contributed by atoms with van der Waals surface area (Å²) in [5, 5.41) is 3.46. The maximum absolute atomic E-state index is 12.1. The molecule has 1 aromatic heterocycles. The van der Waals surface area contributed by atoms with Gasteiger partial charge in [0.25, 0.3) is 0 Å². The number of hydrogen-bond acceptors (Lipinski definition) is 3. The SMILES string of the molecule is O=C(CNC1CCCc2sc(Br)cc21)N1CCCC1. The van der Waals surface area contributed by atoms with Crippen molar-refractivity contribution in [3.63, 3.8) is 0 Å². The lowest BCUT2D eigenvalue weighted by Gasteiger charge is -2.24. The number of amides is 1. The van der Waals surface area contributed by atoms with Crippen LogP contribution in [-0.2, 0) is 11.2 Å². The van der Waals surface area contributed by atoms with Crippen molar-refractivity contribution in [3.05, 3.63) is 20.3 Å². The van der Waals surface area contributed by atoms with Gasteiger partial charge in [0.15, 0.2) is 0 Å². The van der Waals surface area contributed by atoms with Crippen molar-refractivity contribution in [1.29, 1.82) is 0 Å². The lowest BCUT2D eigenvalue weighted by Crippen LogP contribution is -2.38. The van der Waals surface area contributed by atoms with E-state index in [-0.39, 0.29) is 5.91 Å². The molecule has 104 valence electrons. The molecule has 1 saturated heterocycles. The summed E-state index contributed by atoms with van der Waals surface area (Å²) in [5.74, 6) is 0.263. The van der Waals surface area contributed by atoms with Crippen LogP contribution in [0.2, 0.25) is 0 Å². The van der Waals surface area contributed by atoms with E-state index in [0.29, 0.717) is 12.6 Å². The molecule has 1 N–H and O–H groups in total. The number of rotatable bonds is 3. The second-order valence-electron chi connectivity index (χ2n) is 5.34. The van der Waals surface area contributed by atoms with E-state index in [9.17, 15) is 4.79 Å². The monoisotopic (exact) mass is 342 g/mol. The van der Waals surface area contributed by atoms with Gasteiger partial charge in [-0.2, -0.15) is 0 Å². The molecule has 5 heteroatoms. The average molecular weight is 343 g/mol. The van der Waals surface area contributed by atoms with E-state index in [0.717, 1.165) is 32.4 Å². The van der Waals surface area contributed by atoms with Crippen molar-refractivity contribution in [2.45, 2.75) is 38.1 Å². The number of fused-ring (bicyclic) bond motifs is 1. The Hall–Kier alpha value is -0.390. The van der Waals surface area contributed by atoms with Gasteiger partial charge >= 0.3 is 0 Å². The van der Waals surface area contributed by atoms with Crippen molar-refractivity contribution >= 4 is 33.2 Å². The first-order valence-corrected chi connectivity index (χ1v) is 8.64. The van der Waals surface area contributed by atoms with Crippen LogP contribution < -0.4 is 5.32 Å². The minimum Gasteiger partial charge on any atom is -0.342 e. The normalized spacial score (nSPS) is 22.6. The van der Waals surface area contributed by atoms with Crippen molar-refractivity contribution in [1.82, 2.24) is 10.2 Å². The predicted octanol–water partition coefficient (Wildman–Crippen LogP) is 3.10. The van der Waals surface area contributed by atoms with Gasteiger partial charge in [-0.1, -0.05) is 0 Å². The summed E-state index contributed by atoms with van der Waals surface area (Å²) < 4.78 is 1.21. The molecule has 3 nitrogen and oxygen atoms in total. The molecule has 0 bridgehead atoms. The van der Waals surface area contributed by atoms with Crippen LogP contribution in [-0.4, -0.2) is 30.4 Å². The fourth-order valence-electron chi connectivity index (χ4n) is 3.02. The number of aryl methyl sites for hydroxylation is 1. The van der Waals surface area contributed by atoms with E-state index >= 15 is 0 Å². The molecule has 0 spiro atoms. The Morgan fingerprint density at radius 3 is 3.00 bits per heavy atom. The van der Waals surface area contributed by atoms with Crippen LogP contribution in [0.3, 0.4) is 0 Å². The number of thiophene rings is 1. The molecule has 3 rings (SSSR count). The highest BCUT2D eigenvalue weighted by molar-refractivity contribution is 9.11. The minimum atomic E-state index is 0.263. The number of nitrogens with zero attached hydrogens (tertiary/aromatic N) is 1. The van der Waals surface area contributed by atoms with Crippen molar-refractivity contribution < 1.29 is 4.79 Å². The van der Waals surface area contributed by atoms with E-state index in [1.54, 1.807) is 0 Å².